The second-order valence-electron chi connectivity index (χ2n) is 8.36. The topological polar surface area (TPSA) is 88.5 Å². The molecular formula is C27H26N6OS. The number of fused-ring (bicyclic) bond motifs is 1. The van der Waals surface area contributed by atoms with Crippen molar-refractivity contribution >= 4 is 34.3 Å². The van der Waals surface area contributed by atoms with Gasteiger partial charge in [-0.2, -0.15) is 5.10 Å². The number of hydrogen-bond acceptors (Lipinski definition) is 5. The summed E-state index contributed by atoms with van der Waals surface area (Å²) in [4.78, 5) is 12.7. The van der Waals surface area contributed by atoms with E-state index in [1.165, 1.54) is 17.3 Å². The average Bonchev–Trinajstić information content (AvgIpc) is 3.52. The highest BCUT2D eigenvalue weighted by atomic mass is 32.2. The second-order valence-corrected chi connectivity index (χ2v) is 9.31. The summed E-state index contributed by atoms with van der Waals surface area (Å²) in [5.74, 6) is 1.23. The average molecular weight is 483 g/mol. The first-order valence-electron chi connectivity index (χ1n) is 11.6. The van der Waals surface area contributed by atoms with Gasteiger partial charge >= 0.3 is 0 Å². The Morgan fingerprint density at radius 2 is 1.74 bits per heavy atom. The summed E-state index contributed by atoms with van der Waals surface area (Å²) in [5.41, 5.74) is 4.61. The molecule has 3 aromatic carbocycles. The molecule has 2 heterocycles. The number of amides is 1. The van der Waals surface area contributed by atoms with Crippen molar-refractivity contribution in [3.05, 3.63) is 84.4 Å². The van der Waals surface area contributed by atoms with Crippen molar-refractivity contribution in [2.45, 2.75) is 31.3 Å². The van der Waals surface area contributed by atoms with Gasteiger partial charge in [-0.25, -0.2) is 0 Å². The van der Waals surface area contributed by atoms with Crippen LogP contribution in [0.25, 0.3) is 28.1 Å². The summed E-state index contributed by atoms with van der Waals surface area (Å²) in [7, 11) is 0. The highest BCUT2D eigenvalue weighted by Crippen LogP contribution is 2.31. The maximum atomic E-state index is 12.7. The minimum Gasteiger partial charge on any atom is -0.325 e. The van der Waals surface area contributed by atoms with Gasteiger partial charge in [0.05, 0.1) is 11.3 Å². The van der Waals surface area contributed by atoms with Gasteiger partial charge in [0.15, 0.2) is 11.0 Å². The lowest BCUT2D eigenvalue weighted by atomic mass is 9.99. The number of nitrogens with zero attached hydrogens (tertiary/aromatic N) is 4. The first-order valence-corrected chi connectivity index (χ1v) is 12.6. The zero-order valence-electron chi connectivity index (χ0n) is 19.6. The first kappa shape index (κ1) is 22.9. The van der Waals surface area contributed by atoms with Crippen molar-refractivity contribution in [1.82, 2.24) is 25.0 Å². The summed E-state index contributed by atoms with van der Waals surface area (Å²) in [6.07, 6.45) is 1.08. The van der Waals surface area contributed by atoms with Crippen LogP contribution in [0, 0.1) is 0 Å². The molecule has 0 bridgehead atoms. The molecule has 0 aliphatic carbocycles. The molecule has 1 atom stereocenters. The number of aromatic amines is 1. The third-order valence-corrected chi connectivity index (χ3v) is 6.97. The van der Waals surface area contributed by atoms with Crippen molar-refractivity contribution in [2.24, 2.45) is 0 Å². The van der Waals surface area contributed by atoms with Crippen molar-refractivity contribution < 1.29 is 4.79 Å². The van der Waals surface area contributed by atoms with Crippen LogP contribution >= 0.6 is 11.8 Å². The normalized spacial score (nSPS) is 12.1. The number of hydrogen-bond donors (Lipinski definition) is 2. The van der Waals surface area contributed by atoms with Gasteiger partial charge in [0.1, 0.15) is 5.69 Å². The van der Waals surface area contributed by atoms with Crippen LogP contribution in [-0.2, 0) is 4.79 Å². The standard InChI is InChI=1S/C27H26N6OS/c1-3-18(2)19-13-15-20(16-14-19)28-24(34)17-35-27-32-31-26(33(27)21-9-5-4-6-10-21)25-22-11-7-8-12-23(22)29-30-25/h4-16,18H,3,17H2,1-2H3,(H,28,34)(H,29,30)/t18-/m1/s1. The van der Waals surface area contributed by atoms with Gasteiger partial charge < -0.3 is 5.32 Å². The lowest BCUT2D eigenvalue weighted by molar-refractivity contribution is -0.113. The van der Waals surface area contributed by atoms with E-state index in [9.17, 15) is 4.79 Å². The summed E-state index contributed by atoms with van der Waals surface area (Å²) < 4.78 is 1.95. The Hall–Kier alpha value is -3.91. The second kappa shape index (κ2) is 10.1. The number of H-pyrrole nitrogens is 1. The van der Waals surface area contributed by atoms with E-state index in [4.69, 9.17) is 0 Å². The SMILES string of the molecule is CC[C@@H](C)c1ccc(NC(=O)CSc2nnc(-c3n[nH]c4ccccc34)n2-c2ccccc2)cc1. The molecule has 8 heteroatoms. The predicted octanol–water partition coefficient (Wildman–Crippen LogP) is 6.05. The molecule has 0 radical (unpaired) electrons. The summed E-state index contributed by atoms with van der Waals surface area (Å²) in [6.45, 7) is 4.37. The minimum atomic E-state index is -0.0966. The quantitative estimate of drug-likeness (QED) is 0.263. The molecule has 0 aliphatic heterocycles. The van der Waals surface area contributed by atoms with E-state index in [0.717, 1.165) is 34.4 Å². The zero-order chi connectivity index (χ0) is 24.2. The van der Waals surface area contributed by atoms with Crippen LogP contribution in [0.5, 0.6) is 0 Å². The van der Waals surface area contributed by atoms with Crippen molar-refractivity contribution in [1.29, 1.82) is 0 Å². The Kier molecular flexibility index (Phi) is 6.63. The molecule has 5 aromatic rings. The number of aromatic nitrogens is 5. The summed E-state index contributed by atoms with van der Waals surface area (Å²) >= 11 is 1.34. The monoisotopic (exact) mass is 482 g/mol. The van der Waals surface area contributed by atoms with Gasteiger partial charge in [0, 0.05) is 16.8 Å². The number of nitrogens with one attached hydrogen (secondary N) is 2. The first-order chi connectivity index (χ1) is 17.1. The predicted molar refractivity (Wildman–Crippen MR) is 141 cm³/mol. The van der Waals surface area contributed by atoms with E-state index in [2.05, 4.69) is 51.7 Å². The van der Waals surface area contributed by atoms with Gasteiger partial charge in [-0.05, 0) is 48.2 Å². The van der Waals surface area contributed by atoms with E-state index in [1.54, 1.807) is 0 Å². The Labute approximate surface area is 208 Å². The number of carbonyl (C=O) groups excluding carboxylic acids is 1. The number of benzene rings is 3. The molecule has 0 spiro atoms. The lowest BCUT2D eigenvalue weighted by Gasteiger charge is -2.11. The molecule has 0 aliphatic rings. The fourth-order valence-corrected chi connectivity index (χ4v) is 4.67. The van der Waals surface area contributed by atoms with Crippen LogP contribution in [0.2, 0.25) is 0 Å². The van der Waals surface area contributed by atoms with Crippen LogP contribution < -0.4 is 5.32 Å². The van der Waals surface area contributed by atoms with Gasteiger partial charge in [0.25, 0.3) is 0 Å². The van der Waals surface area contributed by atoms with Crippen LogP contribution in [0.15, 0.2) is 84.0 Å². The number of thioether (sulfide) groups is 1. The Bertz CT molecular complexity index is 1440. The maximum absolute atomic E-state index is 12.7. The molecule has 2 N–H and O–H groups in total. The fourth-order valence-electron chi connectivity index (χ4n) is 3.92. The summed E-state index contributed by atoms with van der Waals surface area (Å²) in [6, 6.07) is 25.8. The van der Waals surface area contributed by atoms with Crippen molar-refractivity contribution in [2.75, 3.05) is 11.1 Å². The molecule has 35 heavy (non-hydrogen) atoms. The Morgan fingerprint density at radius 3 is 2.51 bits per heavy atom. The highest BCUT2D eigenvalue weighted by Gasteiger charge is 2.21. The highest BCUT2D eigenvalue weighted by molar-refractivity contribution is 7.99. The molecule has 0 unspecified atom stereocenters. The summed E-state index contributed by atoms with van der Waals surface area (Å²) in [5, 5.41) is 21.0. The maximum Gasteiger partial charge on any atom is 0.234 e. The fraction of sp³-hybridized carbons (Fsp3) is 0.185. The smallest absolute Gasteiger partial charge is 0.234 e. The zero-order valence-corrected chi connectivity index (χ0v) is 20.4. The Morgan fingerprint density at radius 1 is 1.00 bits per heavy atom. The largest absolute Gasteiger partial charge is 0.325 e. The molecule has 2 aromatic heterocycles. The number of anilines is 1. The van der Waals surface area contributed by atoms with E-state index in [0.29, 0.717) is 16.9 Å². The molecule has 0 saturated heterocycles. The van der Waals surface area contributed by atoms with Gasteiger partial charge in [0.2, 0.25) is 5.91 Å². The van der Waals surface area contributed by atoms with E-state index >= 15 is 0 Å². The lowest BCUT2D eigenvalue weighted by Crippen LogP contribution is -2.14. The van der Waals surface area contributed by atoms with E-state index in [1.807, 2.05) is 71.3 Å². The third kappa shape index (κ3) is 4.83. The van der Waals surface area contributed by atoms with E-state index in [-0.39, 0.29) is 11.7 Å². The third-order valence-electron chi connectivity index (χ3n) is 6.04. The van der Waals surface area contributed by atoms with Gasteiger partial charge in [-0.1, -0.05) is 74.1 Å². The number of rotatable bonds is 8. The van der Waals surface area contributed by atoms with Crippen LogP contribution in [-0.4, -0.2) is 36.6 Å². The molecule has 0 fully saturated rings. The van der Waals surface area contributed by atoms with Gasteiger partial charge in [-0.3, -0.25) is 14.5 Å². The minimum absolute atomic E-state index is 0.0966. The number of para-hydroxylation sites is 2. The molecule has 5 rings (SSSR count). The molecular weight excluding hydrogens is 456 g/mol. The van der Waals surface area contributed by atoms with Crippen LogP contribution in [0.3, 0.4) is 0 Å². The van der Waals surface area contributed by atoms with Gasteiger partial charge in [-0.15, -0.1) is 10.2 Å². The molecule has 0 saturated carbocycles. The van der Waals surface area contributed by atoms with Crippen molar-refractivity contribution in [3.8, 4) is 17.2 Å². The molecule has 1 amide bonds. The number of carbonyl (C=O) groups is 1. The van der Waals surface area contributed by atoms with E-state index < -0.39 is 0 Å². The molecule has 7 nitrogen and oxygen atoms in total. The van der Waals surface area contributed by atoms with Crippen LogP contribution in [0.4, 0.5) is 5.69 Å². The van der Waals surface area contributed by atoms with Crippen molar-refractivity contribution in [3.63, 3.8) is 0 Å². The Balaban J connectivity index is 1.38. The van der Waals surface area contributed by atoms with Crippen LogP contribution in [0.1, 0.15) is 31.7 Å². The molecule has 176 valence electrons.